The molecular formula is C15H22N2O. The summed E-state index contributed by atoms with van der Waals surface area (Å²) in [5.41, 5.74) is 7.41. The highest BCUT2D eigenvalue weighted by atomic mass is 16.2. The highest BCUT2D eigenvalue weighted by Crippen LogP contribution is 2.50. The lowest BCUT2D eigenvalue weighted by Gasteiger charge is -2.12. The van der Waals surface area contributed by atoms with Gasteiger partial charge in [0.15, 0.2) is 0 Å². The summed E-state index contributed by atoms with van der Waals surface area (Å²) in [5, 5.41) is 2.96. The second-order valence-corrected chi connectivity index (χ2v) is 5.93. The van der Waals surface area contributed by atoms with E-state index in [1.54, 1.807) is 0 Å². The molecule has 0 radical (unpaired) electrons. The second-order valence-electron chi connectivity index (χ2n) is 5.93. The van der Waals surface area contributed by atoms with Crippen molar-refractivity contribution in [2.24, 2.45) is 17.1 Å². The molecule has 0 aromatic heterocycles. The van der Waals surface area contributed by atoms with Crippen molar-refractivity contribution in [1.29, 1.82) is 0 Å². The number of nitrogens with one attached hydrogen (secondary N) is 1. The first-order valence-electron chi connectivity index (χ1n) is 6.56. The Balaban J connectivity index is 1.75. The van der Waals surface area contributed by atoms with Crippen LogP contribution in [0.2, 0.25) is 0 Å². The van der Waals surface area contributed by atoms with Crippen LogP contribution in [0.4, 0.5) is 0 Å². The van der Waals surface area contributed by atoms with E-state index in [0.29, 0.717) is 17.8 Å². The highest BCUT2D eigenvalue weighted by Gasteiger charge is 2.45. The molecule has 1 amide bonds. The summed E-state index contributed by atoms with van der Waals surface area (Å²) < 4.78 is 0. The van der Waals surface area contributed by atoms with Gasteiger partial charge in [0.2, 0.25) is 5.91 Å². The largest absolute Gasteiger partial charge is 0.354 e. The van der Waals surface area contributed by atoms with Crippen molar-refractivity contribution in [3.63, 3.8) is 0 Å². The van der Waals surface area contributed by atoms with E-state index in [4.69, 9.17) is 5.73 Å². The van der Waals surface area contributed by atoms with Crippen molar-refractivity contribution in [3.05, 3.63) is 35.9 Å². The van der Waals surface area contributed by atoms with Crippen LogP contribution in [0.25, 0.3) is 0 Å². The molecule has 2 rings (SSSR count). The van der Waals surface area contributed by atoms with Gasteiger partial charge in [-0.1, -0.05) is 44.2 Å². The molecule has 3 N–H and O–H groups in total. The van der Waals surface area contributed by atoms with Gasteiger partial charge in [-0.15, -0.1) is 0 Å². The van der Waals surface area contributed by atoms with Gasteiger partial charge in [-0.2, -0.15) is 0 Å². The zero-order valence-corrected chi connectivity index (χ0v) is 11.1. The van der Waals surface area contributed by atoms with E-state index in [-0.39, 0.29) is 5.91 Å². The predicted octanol–water partition coefficient (Wildman–Crippen LogP) is 1.72. The fourth-order valence-electron chi connectivity index (χ4n) is 2.24. The molecule has 1 fully saturated rings. The van der Waals surface area contributed by atoms with Crippen LogP contribution in [0, 0.1) is 11.3 Å². The third kappa shape index (κ3) is 3.33. The number of nitrogens with two attached hydrogens (primary N) is 1. The Hall–Kier alpha value is -1.35. The van der Waals surface area contributed by atoms with Crippen LogP contribution < -0.4 is 11.1 Å². The summed E-state index contributed by atoms with van der Waals surface area (Å²) in [5.74, 6) is 0.576. The smallest absolute Gasteiger partial charge is 0.237 e. The fourth-order valence-corrected chi connectivity index (χ4v) is 2.24. The highest BCUT2D eigenvalue weighted by molar-refractivity contribution is 5.81. The zero-order valence-electron chi connectivity index (χ0n) is 11.1. The molecule has 0 aliphatic heterocycles. The molecule has 18 heavy (non-hydrogen) atoms. The van der Waals surface area contributed by atoms with Gasteiger partial charge in [-0.05, 0) is 29.7 Å². The maximum Gasteiger partial charge on any atom is 0.237 e. The van der Waals surface area contributed by atoms with Crippen LogP contribution in [0.1, 0.15) is 25.8 Å². The summed E-state index contributed by atoms with van der Waals surface area (Å²) in [6.45, 7) is 5.22. The van der Waals surface area contributed by atoms with E-state index < -0.39 is 6.04 Å². The van der Waals surface area contributed by atoms with Crippen molar-refractivity contribution in [2.45, 2.75) is 32.7 Å². The van der Waals surface area contributed by atoms with Gasteiger partial charge < -0.3 is 11.1 Å². The van der Waals surface area contributed by atoms with Crippen LogP contribution in [0.3, 0.4) is 0 Å². The van der Waals surface area contributed by atoms with E-state index in [0.717, 1.165) is 12.1 Å². The Morgan fingerprint density at radius 2 is 2.06 bits per heavy atom. The van der Waals surface area contributed by atoms with Gasteiger partial charge in [0.05, 0.1) is 6.04 Å². The third-order valence-corrected chi connectivity index (χ3v) is 3.88. The van der Waals surface area contributed by atoms with Crippen LogP contribution in [-0.2, 0) is 11.2 Å². The Bertz CT molecular complexity index is 414. The quantitative estimate of drug-likeness (QED) is 0.831. The molecule has 1 unspecified atom stereocenters. The predicted molar refractivity (Wildman–Crippen MR) is 73.0 cm³/mol. The number of carbonyl (C=O) groups is 1. The van der Waals surface area contributed by atoms with Gasteiger partial charge in [0.25, 0.3) is 0 Å². The third-order valence-electron chi connectivity index (χ3n) is 3.88. The first-order valence-corrected chi connectivity index (χ1v) is 6.56. The SMILES string of the molecule is CC1(C)CC1CNC(=O)[C@@H](N)Cc1ccccc1. The first kappa shape index (κ1) is 13.1. The van der Waals surface area contributed by atoms with E-state index >= 15 is 0 Å². The molecule has 3 nitrogen and oxygen atoms in total. The Morgan fingerprint density at radius 3 is 2.61 bits per heavy atom. The van der Waals surface area contributed by atoms with Gasteiger partial charge in [-0.25, -0.2) is 0 Å². The van der Waals surface area contributed by atoms with Gasteiger partial charge in [-0.3, -0.25) is 4.79 Å². The molecule has 98 valence electrons. The molecule has 0 bridgehead atoms. The monoisotopic (exact) mass is 246 g/mol. The van der Waals surface area contributed by atoms with E-state index in [1.807, 2.05) is 30.3 Å². The second kappa shape index (κ2) is 5.11. The van der Waals surface area contributed by atoms with E-state index in [1.165, 1.54) is 6.42 Å². The normalized spacial score (nSPS) is 22.3. The topological polar surface area (TPSA) is 55.1 Å². The van der Waals surface area contributed by atoms with Gasteiger partial charge in [0.1, 0.15) is 0 Å². The fraction of sp³-hybridized carbons (Fsp3) is 0.533. The van der Waals surface area contributed by atoms with Crippen molar-refractivity contribution >= 4 is 5.91 Å². The number of amides is 1. The molecule has 0 heterocycles. The Kier molecular flexibility index (Phi) is 3.71. The molecule has 2 atom stereocenters. The van der Waals surface area contributed by atoms with Crippen molar-refractivity contribution in [3.8, 4) is 0 Å². The summed E-state index contributed by atoms with van der Waals surface area (Å²) in [7, 11) is 0. The lowest BCUT2D eigenvalue weighted by molar-refractivity contribution is -0.122. The Morgan fingerprint density at radius 1 is 1.44 bits per heavy atom. The van der Waals surface area contributed by atoms with Crippen molar-refractivity contribution < 1.29 is 4.79 Å². The minimum atomic E-state index is -0.450. The lowest BCUT2D eigenvalue weighted by atomic mass is 10.1. The number of rotatable bonds is 5. The van der Waals surface area contributed by atoms with Crippen LogP contribution in [-0.4, -0.2) is 18.5 Å². The van der Waals surface area contributed by atoms with E-state index in [9.17, 15) is 4.79 Å². The van der Waals surface area contributed by atoms with Crippen LogP contribution >= 0.6 is 0 Å². The molecule has 0 spiro atoms. The summed E-state index contributed by atoms with van der Waals surface area (Å²) >= 11 is 0. The molecular weight excluding hydrogens is 224 g/mol. The molecule has 3 heteroatoms. The maximum atomic E-state index is 11.9. The summed E-state index contributed by atoms with van der Waals surface area (Å²) in [4.78, 5) is 11.9. The number of benzene rings is 1. The van der Waals surface area contributed by atoms with Crippen LogP contribution in [0.15, 0.2) is 30.3 Å². The summed E-state index contributed by atoms with van der Waals surface area (Å²) in [6, 6.07) is 9.44. The lowest BCUT2D eigenvalue weighted by Crippen LogP contribution is -2.42. The Labute approximate surface area is 109 Å². The molecule has 0 saturated heterocycles. The molecule has 1 aromatic rings. The van der Waals surface area contributed by atoms with Gasteiger partial charge >= 0.3 is 0 Å². The molecule has 1 aromatic carbocycles. The molecule has 1 saturated carbocycles. The summed E-state index contributed by atoms with van der Waals surface area (Å²) in [6.07, 6.45) is 1.79. The molecule has 1 aliphatic carbocycles. The number of hydrogen-bond donors (Lipinski definition) is 2. The minimum absolute atomic E-state index is 0.0402. The average molecular weight is 246 g/mol. The van der Waals surface area contributed by atoms with Crippen molar-refractivity contribution in [1.82, 2.24) is 5.32 Å². The number of hydrogen-bond acceptors (Lipinski definition) is 2. The van der Waals surface area contributed by atoms with Gasteiger partial charge in [0, 0.05) is 6.54 Å². The standard InChI is InChI=1S/C15H22N2O/c1-15(2)9-12(15)10-17-14(18)13(16)8-11-6-4-3-5-7-11/h3-7,12-13H,8-10,16H2,1-2H3,(H,17,18)/t12?,13-/m0/s1. The van der Waals surface area contributed by atoms with Crippen molar-refractivity contribution in [2.75, 3.05) is 6.54 Å². The number of carbonyl (C=O) groups excluding carboxylic acids is 1. The maximum absolute atomic E-state index is 11.9. The first-order chi connectivity index (χ1) is 8.49. The van der Waals surface area contributed by atoms with Crippen LogP contribution in [0.5, 0.6) is 0 Å². The minimum Gasteiger partial charge on any atom is -0.354 e. The average Bonchev–Trinajstić information content (AvgIpc) is 2.95. The molecule has 1 aliphatic rings. The van der Waals surface area contributed by atoms with E-state index in [2.05, 4.69) is 19.2 Å². The zero-order chi connectivity index (χ0) is 13.2.